The van der Waals surface area contributed by atoms with Crippen LogP contribution >= 0.6 is 0 Å². The van der Waals surface area contributed by atoms with Crippen LogP contribution in [0.3, 0.4) is 0 Å². The molecule has 7 heteroatoms. The normalized spacial score (nSPS) is 22.8. The fourth-order valence-electron chi connectivity index (χ4n) is 2.23. The maximum absolute atomic E-state index is 9.25. The largest absolute Gasteiger partial charge is 0.393 e. The first-order chi connectivity index (χ1) is 8.76. The van der Waals surface area contributed by atoms with Gasteiger partial charge in [0.2, 0.25) is 0 Å². The summed E-state index contributed by atoms with van der Waals surface area (Å²) in [5.41, 5.74) is 3.30. The van der Waals surface area contributed by atoms with Gasteiger partial charge in [0, 0.05) is 18.9 Å². The van der Waals surface area contributed by atoms with E-state index in [2.05, 4.69) is 20.7 Å². The number of nitrogens with one attached hydrogen (secondary N) is 2. The lowest BCUT2D eigenvalue weighted by atomic mass is 9.82. The molecule has 18 heavy (non-hydrogen) atoms. The van der Waals surface area contributed by atoms with Gasteiger partial charge in [-0.3, -0.25) is 0 Å². The molecule has 0 unspecified atom stereocenters. The van der Waals surface area contributed by atoms with Crippen molar-refractivity contribution < 1.29 is 5.11 Å². The number of aliphatic hydroxyl groups excluding tert-OH is 1. The summed E-state index contributed by atoms with van der Waals surface area (Å²) in [4.78, 5) is 8.60. The third kappa shape index (κ3) is 1.98. The van der Waals surface area contributed by atoms with Crippen LogP contribution in [0.15, 0.2) is 18.6 Å². The van der Waals surface area contributed by atoms with Gasteiger partial charge in [-0.15, -0.1) is 0 Å². The van der Waals surface area contributed by atoms with Crippen molar-refractivity contribution in [1.29, 1.82) is 0 Å². The molecule has 0 aliphatic heterocycles. The van der Waals surface area contributed by atoms with E-state index >= 15 is 0 Å². The van der Waals surface area contributed by atoms with E-state index in [1.165, 1.54) is 0 Å². The molecule has 1 aliphatic rings. The lowest BCUT2D eigenvalue weighted by Gasteiger charge is -2.31. The molecule has 2 aromatic rings. The second kappa shape index (κ2) is 4.43. The average molecular weight is 248 g/mol. The summed E-state index contributed by atoms with van der Waals surface area (Å²) in [5, 5.41) is 12.5. The second-order valence-corrected chi connectivity index (χ2v) is 4.65. The highest BCUT2D eigenvalue weighted by atomic mass is 16.3. The van der Waals surface area contributed by atoms with Gasteiger partial charge in [0.25, 0.3) is 0 Å². The molecule has 0 atom stereocenters. The number of nitrogens with zero attached hydrogens (tertiary/aromatic N) is 3. The van der Waals surface area contributed by atoms with Crippen molar-refractivity contribution in [2.75, 3.05) is 17.3 Å². The molecule has 0 amide bonds. The fraction of sp³-hybridized carbons (Fsp3) is 0.455. The molecule has 3 rings (SSSR count). The van der Waals surface area contributed by atoms with Gasteiger partial charge < -0.3 is 20.2 Å². The zero-order valence-corrected chi connectivity index (χ0v) is 9.87. The van der Waals surface area contributed by atoms with Crippen molar-refractivity contribution >= 4 is 17.3 Å². The van der Waals surface area contributed by atoms with Gasteiger partial charge in [-0.2, -0.15) is 0 Å². The number of aromatic nitrogens is 3. The molecule has 2 heterocycles. The Hall–Kier alpha value is -1.86. The maximum atomic E-state index is 9.25. The number of fused-ring (bicyclic) bond motifs is 1. The van der Waals surface area contributed by atoms with Gasteiger partial charge in [0.15, 0.2) is 17.3 Å². The zero-order valence-electron chi connectivity index (χ0n) is 9.87. The molecule has 2 aromatic heterocycles. The summed E-state index contributed by atoms with van der Waals surface area (Å²) in [6, 6.07) is 0. The van der Waals surface area contributed by atoms with Crippen molar-refractivity contribution in [3.05, 3.63) is 18.6 Å². The van der Waals surface area contributed by atoms with Crippen LogP contribution in [0, 0.1) is 5.92 Å². The third-order valence-corrected chi connectivity index (χ3v) is 3.29. The van der Waals surface area contributed by atoms with Crippen LogP contribution in [0.25, 0.3) is 5.65 Å². The van der Waals surface area contributed by atoms with Gasteiger partial charge in [-0.05, 0) is 18.8 Å². The standard InChI is InChI=1S/C11H16N6O/c12-16-9-6-17-2-1-13-11(17)10(15-9)14-5-7-3-8(18)4-7/h1-2,6-8,16,18H,3-5,12H2,(H,14,15). The van der Waals surface area contributed by atoms with Crippen LogP contribution in [0.4, 0.5) is 11.6 Å². The SMILES string of the molecule is NNc1cn2ccnc2c(NCC2CC(O)C2)n1. The van der Waals surface area contributed by atoms with Crippen molar-refractivity contribution in [1.82, 2.24) is 14.4 Å². The molecule has 5 N–H and O–H groups in total. The van der Waals surface area contributed by atoms with Crippen molar-refractivity contribution in [3.63, 3.8) is 0 Å². The quantitative estimate of drug-likeness (QED) is 0.455. The first-order valence-electron chi connectivity index (χ1n) is 5.98. The Morgan fingerprint density at radius 2 is 2.33 bits per heavy atom. The number of imidazole rings is 1. The number of nitrogens with two attached hydrogens (primary N) is 1. The minimum absolute atomic E-state index is 0.131. The van der Waals surface area contributed by atoms with E-state index in [4.69, 9.17) is 5.84 Å². The van der Waals surface area contributed by atoms with E-state index in [1.54, 1.807) is 12.4 Å². The van der Waals surface area contributed by atoms with Crippen molar-refractivity contribution in [2.45, 2.75) is 18.9 Å². The molecule has 7 nitrogen and oxygen atoms in total. The molecule has 0 saturated heterocycles. The van der Waals surface area contributed by atoms with Gasteiger partial charge in [-0.25, -0.2) is 15.8 Å². The Morgan fingerprint density at radius 1 is 1.50 bits per heavy atom. The number of aliphatic hydroxyl groups is 1. The highest BCUT2D eigenvalue weighted by molar-refractivity contribution is 5.65. The monoisotopic (exact) mass is 248 g/mol. The fourth-order valence-corrected chi connectivity index (χ4v) is 2.23. The predicted molar refractivity (Wildman–Crippen MR) is 68.0 cm³/mol. The third-order valence-electron chi connectivity index (χ3n) is 3.29. The summed E-state index contributed by atoms with van der Waals surface area (Å²) in [7, 11) is 0. The highest BCUT2D eigenvalue weighted by Gasteiger charge is 2.27. The smallest absolute Gasteiger partial charge is 0.180 e. The summed E-state index contributed by atoms with van der Waals surface area (Å²) >= 11 is 0. The average Bonchev–Trinajstić information content (AvgIpc) is 2.80. The van der Waals surface area contributed by atoms with Gasteiger partial charge >= 0.3 is 0 Å². The second-order valence-electron chi connectivity index (χ2n) is 4.65. The van der Waals surface area contributed by atoms with E-state index in [0.29, 0.717) is 17.6 Å². The topological polar surface area (TPSA) is 100 Å². The summed E-state index contributed by atoms with van der Waals surface area (Å²) in [6.45, 7) is 0.792. The van der Waals surface area contributed by atoms with Crippen LogP contribution in [0.2, 0.25) is 0 Å². The highest BCUT2D eigenvalue weighted by Crippen LogP contribution is 2.27. The Morgan fingerprint density at radius 3 is 3.06 bits per heavy atom. The predicted octanol–water partition coefficient (Wildman–Crippen LogP) is 0.198. The molecule has 1 saturated carbocycles. The number of hydrogen-bond donors (Lipinski definition) is 4. The molecule has 0 spiro atoms. The number of rotatable bonds is 4. The molecule has 0 bridgehead atoms. The Bertz CT molecular complexity index is 547. The minimum atomic E-state index is -0.131. The molecule has 96 valence electrons. The van der Waals surface area contributed by atoms with Crippen LogP contribution in [0.1, 0.15) is 12.8 Å². The van der Waals surface area contributed by atoms with Gasteiger partial charge in [0.1, 0.15) is 0 Å². The first-order valence-corrected chi connectivity index (χ1v) is 5.98. The Balaban J connectivity index is 1.79. The Labute approximate surface area is 104 Å². The van der Waals surface area contributed by atoms with E-state index < -0.39 is 0 Å². The molecular weight excluding hydrogens is 232 g/mol. The van der Waals surface area contributed by atoms with Crippen molar-refractivity contribution in [3.8, 4) is 0 Å². The first kappa shape index (κ1) is 11.2. The number of nitrogen functional groups attached to an aromatic ring is 1. The summed E-state index contributed by atoms with van der Waals surface area (Å²) in [6.07, 6.45) is 6.92. The Kier molecular flexibility index (Phi) is 2.77. The van der Waals surface area contributed by atoms with Crippen molar-refractivity contribution in [2.24, 2.45) is 11.8 Å². The van der Waals surface area contributed by atoms with Crippen LogP contribution < -0.4 is 16.6 Å². The van der Waals surface area contributed by atoms with Gasteiger partial charge in [-0.1, -0.05) is 0 Å². The molecule has 1 fully saturated rings. The van der Waals surface area contributed by atoms with E-state index in [-0.39, 0.29) is 6.10 Å². The minimum Gasteiger partial charge on any atom is -0.393 e. The van der Waals surface area contributed by atoms with E-state index in [1.807, 2.05) is 10.6 Å². The summed E-state index contributed by atoms with van der Waals surface area (Å²) < 4.78 is 1.86. The van der Waals surface area contributed by atoms with E-state index in [9.17, 15) is 5.11 Å². The number of hydrogen-bond acceptors (Lipinski definition) is 6. The van der Waals surface area contributed by atoms with Crippen LogP contribution in [-0.2, 0) is 0 Å². The number of hydrazine groups is 1. The molecular formula is C11H16N6O. The van der Waals surface area contributed by atoms with E-state index in [0.717, 1.165) is 25.0 Å². The molecule has 0 radical (unpaired) electrons. The lowest BCUT2D eigenvalue weighted by Crippen LogP contribution is -2.33. The number of anilines is 2. The van der Waals surface area contributed by atoms with Crippen LogP contribution in [-0.4, -0.2) is 32.1 Å². The lowest BCUT2D eigenvalue weighted by molar-refractivity contribution is 0.0486. The molecule has 1 aliphatic carbocycles. The summed E-state index contributed by atoms with van der Waals surface area (Å²) in [5.74, 6) is 7.17. The maximum Gasteiger partial charge on any atom is 0.180 e. The zero-order chi connectivity index (χ0) is 12.5. The van der Waals surface area contributed by atoms with Gasteiger partial charge in [0.05, 0.1) is 12.3 Å². The van der Waals surface area contributed by atoms with Crippen LogP contribution in [0.5, 0.6) is 0 Å². The molecule has 0 aromatic carbocycles.